The molecule has 8 aromatic carbocycles. The number of para-hydroxylation sites is 1. The van der Waals surface area contributed by atoms with Gasteiger partial charge in [-0.3, -0.25) is 4.99 Å². The van der Waals surface area contributed by atoms with Gasteiger partial charge in [0.15, 0.2) is 0 Å². The summed E-state index contributed by atoms with van der Waals surface area (Å²) in [6.45, 7) is 0. The van der Waals surface area contributed by atoms with Gasteiger partial charge in [-0.25, -0.2) is 0 Å². The minimum Gasteiger partial charge on any atom is -0.334 e. The molecule has 0 N–H and O–H groups in total. The van der Waals surface area contributed by atoms with Crippen molar-refractivity contribution < 1.29 is 0 Å². The molecule has 0 bridgehead atoms. The zero-order valence-corrected chi connectivity index (χ0v) is 30.6. The fraction of sp³-hybridized carbons (Fsp3) is 0.0392. The number of aliphatic imine (C=N–C) groups is 1. The van der Waals surface area contributed by atoms with Crippen LogP contribution in [-0.4, -0.2) is 16.3 Å². The monoisotopic (exact) mass is 719 g/mol. The molecule has 12 rings (SSSR count). The van der Waals surface area contributed by atoms with Gasteiger partial charge in [0, 0.05) is 47.7 Å². The Balaban J connectivity index is 1.12. The Morgan fingerprint density at radius 3 is 1.98 bits per heavy atom. The lowest BCUT2D eigenvalue weighted by atomic mass is 9.96. The van der Waals surface area contributed by atoms with Gasteiger partial charge >= 0.3 is 0 Å². The van der Waals surface area contributed by atoms with Crippen LogP contribution in [0.1, 0.15) is 11.7 Å². The number of anilines is 1. The second-order valence-corrected chi connectivity index (χ2v) is 15.7. The van der Waals surface area contributed by atoms with E-state index in [-0.39, 0.29) is 12.2 Å². The highest BCUT2D eigenvalue weighted by molar-refractivity contribution is 7.25. The molecular formula is C51H33N3S. The first-order valence-corrected chi connectivity index (χ1v) is 19.8. The van der Waals surface area contributed by atoms with Gasteiger partial charge in [0.2, 0.25) is 0 Å². The number of rotatable bonds is 4. The van der Waals surface area contributed by atoms with Crippen LogP contribution in [0.15, 0.2) is 193 Å². The predicted molar refractivity (Wildman–Crippen MR) is 235 cm³/mol. The number of hydrogen-bond donors (Lipinski definition) is 0. The quantitative estimate of drug-likeness (QED) is 0.166. The number of thiophene rings is 1. The molecule has 2 aliphatic rings. The second kappa shape index (κ2) is 11.9. The predicted octanol–water partition coefficient (Wildman–Crippen LogP) is 13.6. The Labute approximate surface area is 322 Å². The van der Waals surface area contributed by atoms with Gasteiger partial charge in [0.25, 0.3) is 0 Å². The number of hydrogen-bond acceptors (Lipinski definition) is 3. The van der Waals surface area contributed by atoms with E-state index >= 15 is 0 Å². The second-order valence-electron chi connectivity index (χ2n) is 14.6. The molecule has 10 aromatic rings. The van der Waals surface area contributed by atoms with Crippen molar-refractivity contribution in [3.63, 3.8) is 0 Å². The van der Waals surface area contributed by atoms with Crippen molar-refractivity contribution in [3.05, 3.63) is 194 Å². The maximum absolute atomic E-state index is 5.29. The van der Waals surface area contributed by atoms with Crippen molar-refractivity contribution in [2.45, 2.75) is 12.2 Å². The van der Waals surface area contributed by atoms with E-state index in [9.17, 15) is 0 Å². The third-order valence-electron chi connectivity index (χ3n) is 11.6. The Kier molecular flexibility index (Phi) is 6.63. The van der Waals surface area contributed by atoms with Gasteiger partial charge in [-0.1, -0.05) is 133 Å². The van der Waals surface area contributed by atoms with Crippen LogP contribution in [0.25, 0.3) is 80.3 Å². The maximum Gasteiger partial charge on any atom is 0.148 e. The van der Waals surface area contributed by atoms with E-state index in [1.54, 1.807) is 0 Å². The van der Waals surface area contributed by atoms with Crippen LogP contribution in [0.4, 0.5) is 5.69 Å². The van der Waals surface area contributed by atoms with Gasteiger partial charge in [-0.2, -0.15) is 0 Å². The summed E-state index contributed by atoms with van der Waals surface area (Å²) in [5.41, 5.74) is 9.53. The van der Waals surface area contributed by atoms with Gasteiger partial charge in [-0.15, -0.1) is 11.3 Å². The molecule has 3 nitrogen and oxygen atoms in total. The van der Waals surface area contributed by atoms with Crippen molar-refractivity contribution in [2.75, 3.05) is 4.90 Å². The average molecular weight is 720 g/mol. The van der Waals surface area contributed by atoms with Crippen molar-refractivity contribution in [3.8, 4) is 16.8 Å². The van der Waals surface area contributed by atoms with E-state index in [2.05, 4.69) is 198 Å². The van der Waals surface area contributed by atoms with Gasteiger partial charge in [0.1, 0.15) is 6.17 Å². The summed E-state index contributed by atoms with van der Waals surface area (Å²) >= 11 is 1.89. The first-order valence-electron chi connectivity index (χ1n) is 18.9. The van der Waals surface area contributed by atoms with Gasteiger partial charge in [0.05, 0.1) is 22.8 Å². The summed E-state index contributed by atoms with van der Waals surface area (Å²) < 4.78 is 5.14. The molecule has 4 heteroatoms. The summed E-state index contributed by atoms with van der Waals surface area (Å²) in [5, 5.41) is 10.3. The highest BCUT2D eigenvalue weighted by Gasteiger charge is 2.35. The molecule has 2 atom stereocenters. The third kappa shape index (κ3) is 4.59. The fourth-order valence-corrected chi connectivity index (χ4v) is 10.3. The molecule has 258 valence electrons. The molecule has 0 amide bonds. The van der Waals surface area contributed by atoms with Gasteiger partial charge in [-0.05, 0) is 87.5 Å². The van der Waals surface area contributed by atoms with Crippen LogP contribution >= 0.6 is 11.3 Å². The number of nitrogens with zero attached hydrogens (tertiary/aromatic N) is 3. The van der Waals surface area contributed by atoms with Crippen LogP contribution in [0, 0.1) is 0 Å². The Morgan fingerprint density at radius 1 is 0.491 bits per heavy atom. The van der Waals surface area contributed by atoms with E-state index in [1.165, 1.54) is 85.9 Å². The molecule has 0 fully saturated rings. The van der Waals surface area contributed by atoms with Crippen LogP contribution in [0.2, 0.25) is 0 Å². The molecule has 0 saturated heterocycles. The topological polar surface area (TPSA) is 20.5 Å². The molecule has 2 aromatic heterocycles. The Hall–Kier alpha value is -6.75. The van der Waals surface area contributed by atoms with Crippen LogP contribution < -0.4 is 4.90 Å². The highest BCUT2D eigenvalue weighted by Crippen LogP contribution is 2.46. The van der Waals surface area contributed by atoms with E-state index in [4.69, 9.17) is 4.99 Å². The number of benzene rings is 8. The summed E-state index contributed by atoms with van der Waals surface area (Å²) in [4.78, 5) is 7.73. The van der Waals surface area contributed by atoms with Crippen molar-refractivity contribution in [1.29, 1.82) is 0 Å². The molecule has 1 aliphatic carbocycles. The van der Waals surface area contributed by atoms with Gasteiger partial charge < -0.3 is 9.47 Å². The molecule has 55 heavy (non-hydrogen) atoms. The summed E-state index contributed by atoms with van der Waals surface area (Å²) in [6, 6.07) is 60.4. The number of aromatic nitrogens is 1. The lowest BCUT2D eigenvalue weighted by Crippen LogP contribution is -2.35. The van der Waals surface area contributed by atoms with E-state index in [0.29, 0.717) is 0 Å². The normalized spacial score (nSPS) is 16.7. The van der Waals surface area contributed by atoms with Crippen molar-refractivity contribution in [1.82, 2.24) is 4.57 Å². The van der Waals surface area contributed by atoms with E-state index in [1.807, 2.05) is 11.3 Å². The molecule has 0 saturated carbocycles. The maximum atomic E-state index is 5.29. The molecule has 0 radical (unpaired) electrons. The highest BCUT2D eigenvalue weighted by atomic mass is 32.1. The van der Waals surface area contributed by atoms with Crippen molar-refractivity contribution >= 4 is 86.3 Å². The van der Waals surface area contributed by atoms with Crippen LogP contribution in [-0.2, 0) is 0 Å². The van der Waals surface area contributed by atoms with Crippen LogP contribution in [0.5, 0.6) is 0 Å². The summed E-state index contributed by atoms with van der Waals surface area (Å²) in [5.74, 6) is 0. The number of fused-ring (bicyclic) bond motifs is 12. The minimum atomic E-state index is -0.123. The Bertz CT molecular complexity index is 3260. The molecule has 2 unspecified atom stereocenters. The largest absolute Gasteiger partial charge is 0.334 e. The number of allylic oxidation sites excluding steroid dienone is 2. The lowest BCUT2D eigenvalue weighted by molar-refractivity contribution is 0.696. The van der Waals surface area contributed by atoms with Crippen LogP contribution in [0.3, 0.4) is 0 Å². The first-order chi connectivity index (χ1) is 27.3. The zero-order chi connectivity index (χ0) is 36.0. The molecule has 0 spiro atoms. The zero-order valence-electron chi connectivity index (χ0n) is 29.8. The summed E-state index contributed by atoms with van der Waals surface area (Å²) in [7, 11) is 0. The summed E-state index contributed by atoms with van der Waals surface area (Å²) in [6.07, 6.45) is 8.52. The van der Waals surface area contributed by atoms with E-state index < -0.39 is 0 Å². The lowest BCUT2D eigenvalue weighted by Gasteiger charge is -2.31. The van der Waals surface area contributed by atoms with Crippen molar-refractivity contribution in [2.24, 2.45) is 4.99 Å². The third-order valence-corrected chi connectivity index (χ3v) is 12.8. The molecule has 3 heterocycles. The standard InChI is InChI=1S/C51H33N3S/c1-3-13-32(14-4-1)34-25-28-47-41(29-34)42-30-46-43(31-48(42)55-47)49-39-19-9-7-17-37(39)38-18-8-10-20-40(38)50(49)53(46)36-26-23-33(24-27-36)51-52-44-21-11-12-22-45(44)54(51)35-15-5-2-6-16-35/h1-31,45,51H. The first kappa shape index (κ1) is 30.7. The molecular weight excluding hydrogens is 687 g/mol. The smallest absolute Gasteiger partial charge is 0.148 e. The average Bonchev–Trinajstić information content (AvgIpc) is 3.93. The SMILES string of the molecule is C1=CC2=NC(c3ccc(-n4c5cc6c(cc5c5c7ccccc7c7ccccc7c54)sc4ccc(-c5ccccc5)cc46)cc3)N(c3ccccc3)C2C=C1. The Morgan fingerprint density at radius 2 is 1.18 bits per heavy atom. The van der Waals surface area contributed by atoms with E-state index in [0.717, 1.165) is 11.4 Å². The minimum absolute atomic E-state index is 0.110. The fourth-order valence-electron chi connectivity index (χ4n) is 9.19. The molecule has 1 aliphatic heterocycles.